The quantitative estimate of drug-likeness (QED) is 0.856. The molecule has 4 heteroatoms. The molecule has 0 saturated heterocycles. The average Bonchev–Trinajstić information content (AvgIpc) is 2.18. The van der Waals surface area contributed by atoms with E-state index in [0.29, 0.717) is 11.3 Å². The minimum atomic E-state index is -3.13. The molecule has 0 heterocycles. The molecule has 1 aromatic rings. The van der Waals surface area contributed by atoms with Crippen molar-refractivity contribution in [1.82, 2.24) is 0 Å². The van der Waals surface area contributed by atoms with Crippen LogP contribution in [-0.4, -0.2) is 19.3 Å². The largest absolute Gasteiger partial charge is 0.389 e. The van der Waals surface area contributed by atoms with Gasteiger partial charge in [0.25, 0.3) is 0 Å². The lowest BCUT2D eigenvalue weighted by Gasteiger charge is -2.06. The van der Waals surface area contributed by atoms with Crippen LogP contribution in [0.2, 0.25) is 0 Å². The summed E-state index contributed by atoms with van der Waals surface area (Å²) in [5, 5.41) is 9.27. The molecular weight excluding hydrogens is 212 g/mol. The maximum Gasteiger partial charge on any atom is 0.178 e. The van der Waals surface area contributed by atoms with E-state index in [-0.39, 0.29) is 5.75 Å². The summed E-state index contributed by atoms with van der Waals surface area (Å²) in [6.45, 7) is 3.48. The Balaban J connectivity index is 2.99. The van der Waals surface area contributed by atoms with E-state index in [9.17, 15) is 13.5 Å². The first kappa shape index (κ1) is 12.2. The van der Waals surface area contributed by atoms with E-state index >= 15 is 0 Å². The second kappa shape index (κ2) is 4.77. The Hall–Kier alpha value is -0.870. The van der Waals surface area contributed by atoms with Gasteiger partial charge in [0.05, 0.1) is 16.8 Å². The van der Waals surface area contributed by atoms with Crippen LogP contribution in [0.15, 0.2) is 29.2 Å². The van der Waals surface area contributed by atoms with E-state index in [0.717, 1.165) is 5.56 Å². The SMILES string of the molecule is CCCS(=O)(=O)c1ccc(C(C)O)cc1. The summed E-state index contributed by atoms with van der Waals surface area (Å²) in [6, 6.07) is 6.39. The summed E-state index contributed by atoms with van der Waals surface area (Å²) in [6.07, 6.45) is 0.0495. The molecule has 1 atom stereocenters. The zero-order valence-corrected chi connectivity index (χ0v) is 9.79. The van der Waals surface area contributed by atoms with Gasteiger partial charge in [0.15, 0.2) is 9.84 Å². The lowest BCUT2D eigenvalue weighted by molar-refractivity contribution is 0.199. The molecule has 0 fully saturated rings. The first-order valence-electron chi connectivity index (χ1n) is 4.98. The van der Waals surface area contributed by atoms with Crippen LogP contribution < -0.4 is 0 Å². The third-order valence-electron chi connectivity index (χ3n) is 2.19. The van der Waals surface area contributed by atoms with Crippen molar-refractivity contribution in [2.75, 3.05) is 5.75 Å². The summed E-state index contributed by atoms with van der Waals surface area (Å²) in [4.78, 5) is 0.328. The van der Waals surface area contributed by atoms with Gasteiger partial charge in [-0.2, -0.15) is 0 Å². The minimum Gasteiger partial charge on any atom is -0.389 e. The fraction of sp³-hybridized carbons (Fsp3) is 0.455. The van der Waals surface area contributed by atoms with Crippen LogP contribution in [0.5, 0.6) is 0 Å². The van der Waals surface area contributed by atoms with Crippen LogP contribution in [-0.2, 0) is 9.84 Å². The van der Waals surface area contributed by atoms with Crippen LogP contribution in [0.1, 0.15) is 31.9 Å². The van der Waals surface area contributed by atoms with Gasteiger partial charge in [-0.15, -0.1) is 0 Å². The van der Waals surface area contributed by atoms with Crippen molar-refractivity contribution >= 4 is 9.84 Å². The van der Waals surface area contributed by atoms with Crippen molar-refractivity contribution in [3.8, 4) is 0 Å². The molecule has 0 aliphatic carbocycles. The molecule has 0 radical (unpaired) electrons. The topological polar surface area (TPSA) is 54.4 Å². The van der Waals surface area contributed by atoms with Gasteiger partial charge in [0, 0.05) is 0 Å². The highest BCUT2D eigenvalue weighted by Gasteiger charge is 2.12. The molecule has 1 rings (SSSR count). The monoisotopic (exact) mass is 228 g/mol. The Kier molecular flexibility index (Phi) is 3.88. The fourth-order valence-electron chi connectivity index (χ4n) is 1.34. The van der Waals surface area contributed by atoms with Gasteiger partial charge in [-0.3, -0.25) is 0 Å². The van der Waals surface area contributed by atoms with Crippen LogP contribution in [0, 0.1) is 0 Å². The summed E-state index contributed by atoms with van der Waals surface area (Å²) < 4.78 is 23.3. The minimum absolute atomic E-state index is 0.168. The normalized spacial score (nSPS) is 13.8. The van der Waals surface area contributed by atoms with Crippen molar-refractivity contribution in [1.29, 1.82) is 0 Å². The second-order valence-electron chi connectivity index (χ2n) is 3.56. The van der Waals surface area contributed by atoms with Crippen molar-refractivity contribution in [2.45, 2.75) is 31.3 Å². The molecule has 1 unspecified atom stereocenters. The molecule has 0 bridgehead atoms. The Morgan fingerprint density at radius 1 is 1.27 bits per heavy atom. The van der Waals surface area contributed by atoms with Gasteiger partial charge in [0.2, 0.25) is 0 Å². The molecule has 0 aliphatic rings. The zero-order chi connectivity index (χ0) is 11.5. The maximum atomic E-state index is 11.7. The molecule has 0 aliphatic heterocycles. The highest BCUT2D eigenvalue weighted by atomic mass is 32.2. The number of aliphatic hydroxyl groups is 1. The van der Waals surface area contributed by atoms with E-state index in [1.165, 1.54) is 0 Å². The smallest absolute Gasteiger partial charge is 0.178 e. The Morgan fingerprint density at radius 3 is 2.20 bits per heavy atom. The van der Waals surface area contributed by atoms with Crippen LogP contribution in [0.4, 0.5) is 0 Å². The first-order chi connectivity index (χ1) is 6.97. The summed E-state index contributed by atoms with van der Waals surface area (Å²) in [5.41, 5.74) is 0.727. The van der Waals surface area contributed by atoms with Gasteiger partial charge in [-0.05, 0) is 31.0 Å². The molecule has 0 spiro atoms. The molecule has 15 heavy (non-hydrogen) atoms. The zero-order valence-electron chi connectivity index (χ0n) is 8.97. The summed E-state index contributed by atoms with van der Waals surface area (Å²) in [7, 11) is -3.13. The molecule has 0 saturated carbocycles. The fourth-order valence-corrected chi connectivity index (χ4v) is 2.66. The van der Waals surface area contributed by atoms with Crippen molar-refractivity contribution in [2.24, 2.45) is 0 Å². The molecule has 0 amide bonds. The number of hydrogen-bond donors (Lipinski definition) is 1. The van der Waals surface area contributed by atoms with Gasteiger partial charge in [0.1, 0.15) is 0 Å². The van der Waals surface area contributed by atoms with E-state index in [2.05, 4.69) is 0 Å². The van der Waals surface area contributed by atoms with Gasteiger partial charge >= 0.3 is 0 Å². The third kappa shape index (κ3) is 3.04. The number of benzene rings is 1. The third-order valence-corrected chi connectivity index (χ3v) is 4.13. The number of rotatable bonds is 4. The maximum absolute atomic E-state index is 11.7. The van der Waals surface area contributed by atoms with Crippen molar-refractivity contribution in [3.05, 3.63) is 29.8 Å². The first-order valence-corrected chi connectivity index (χ1v) is 6.63. The number of sulfone groups is 1. The highest BCUT2D eigenvalue weighted by molar-refractivity contribution is 7.91. The Labute approximate surface area is 90.7 Å². The molecule has 3 nitrogen and oxygen atoms in total. The number of hydrogen-bond acceptors (Lipinski definition) is 3. The number of aliphatic hydroxyl groups excluding tert-OH is 1. The Bertz CT molecular complexity index is 404. The highest BCUT2D eigenvalue weighted by Crippen LogP contribution is 2.17. The molecule has 84 valence electrons. The lowest BCUT2D eigenvalue weighted by Crippen LogP contribution is -2.06. The van der Waals surface area contributed by atoms with Crippen LogP contribution >= 0.6 is 0 Å². The predicted molar refractivity (Wildman–Crippen MR) is 59.4 cm³/mol. The van der Waals surface area contributed by atoms with Crippen molar-refractivity contribution < 1.29 is 13.5 Å². The summed E-state index contributed by atoms with van der Waals surface area (Å²) >= 11 is 0. The lowest BCUT2D eigenvalue weighted by atomic mass is 10.1. The standard InChI is InChI=1S/C11H16O3S/c1-3-8-15(13,14)11-6-4-10(5-7-11)9(2)12/h4-7,9,12H,3,8H2,1-2H3. The van der Waals surface area contributed by atoms with Crippen LogP contribution in [0.25, 0.3) is 0 Å². The van der Waals surface area contributed by atoms with E-state index in [4.69, 9.17) is 0 Å². The second-order valence-corrected chi connectivity index (χ2v) is 5.67. The van der Waals surface area contributed by atoms with Gasteiger partial charge < -0.3 is 5.11 Å². The molecule has 1 N–H and O–H groups in total. The van der Waals surface area contributed by atoms with Crippen molar-refractivity contribution in [3.63, 3.8) is 0 Å². The van der Waals surface area contributed by atoms with Gasteiger partial charge in [-0.1, -0.05) is 19.1 Å². The molecule has 0 aromatic heterocycles. The summed E-state index contributed by atoms with van der Waals surface area (Å²) in [5.74, 6) is 0.168. The predicted octanol–water partition coefficient (Wildman–Crippen LogP) is 1.92. The molecular formula is C11H16O3S. The van der Waals surface area contributed by atoms with E-state index in [1.54, 1.807) is 31.2 Å². The van der Waals surface area contributed by atoms with Gasteiger partial charge in [-0.25, -0.2) is 8.42 Å². The average molecular weight is 228 g/mol. The van der Waals surface area contributed by atoms with E-state index < -0.39 is 15.9 Å². The van der Waals surface area contributed by atoms with E-state index in [1.807, 2.05) is 6.92 Å². The van der Waals surface area contributed by atoms with Crippen LogP contribution in [0.3, 0.4) is 0 Å². The Morgan fingerprint density at radius 2 is 1.80 bits per heavy atom. The molecule has 1 aromatic carbocycles.